The predicted molar refractivity (Wildman–Crippen MR) is 106 cm³/mol. The molecule has 0 atom stereocenters. The minimum Gasteiger partial charge on any atom is -0.497 e. The molecule has 7 heteroatoms. The molecule has 0 aromatic heterocycles. The molecule has 0 fully saturated rings. The molecule has 0 saturated carbocycles. The first-order chi connectivity index (χ1) is 13.9. The number of hydrogen-bond acceptors (Lipinski definition) is 7. The molecule has 2 aromatic rings. The molecule has 1 aliphatic heterocycles. The number of methoxy groups -OCH3 is 2. The molecule has 0 amide bonds. The summed E-state index contributed by atoms with van der Waals surface area (Å²) in [4.78, 5) is 24.3. The minimum absolute atomic E-state index is 0.155. The molecule has 0 N–H and O–H groups in total. The lowest BCUT2D eigenvalue weighted by Gasteiger charge is -2.09. The lowest BCUT2D eigenvalue weighted by molar-refractivity contribution is -0.149. The highest BCUT2D eigenvalue weighted by atomic mass is 16.6. The van der Waals surface area contributed by atoms with Gasteiger partial charge in [0.05, 0.1) is 25.9 Å². The van der Waals surface area contributed by atoms with Crippen molar-refractivity contribution < 1.29 is 33.3 Å². The largest absolute Gasteiger partial charge is 0.497 e. The molecule has 0 unspecified atom stereocenters. The van der Waals surface area contributed by atoms with Crippen molar-refractivity contribution in [2.75, 3.05) is 20.8 Å². The van der Waals surface area contributed by atoms with E-state index in [0.717, 1.165) is 0 Å². The maximum atomic E-state index is 12.7. The second-order valence-electron chi connectivity index (χ2n) is 6.53. The average molecular weight is 398 g/mol. The Balaban J connectivity index is 1.79. The number of allylic oxidation sites excluding steroid dienone is 1. The standard InChI is InChI=1S/C22H22O7/c1-13(2)28-21(23)12-27-16-5-7-17-19(11-16)29-20(22(17)24)10-14-9-15(25-3)6-8-18(14)26-4/h5-11,13H,12H2,1-4H3. The van der Waals surface area contributed by atoms with E-state index in [1.165, 1.54) is 0 Å². The summed E-state index contributed by atoms with van der Waals surface area (Å²) in [5.74, 6) is 1.40. The van der Waals surface area contributed by atoms with Gasteiger partial charge in [0.1, 0.15) is 23.0 Å². The number of ketones is 1. The van der Waals surface area contributed by atoms with E-state index in [9.17, 15) is 9.59 Å². The molecule has 0 radical (unpaired) electrons. The Labute approximate surface area is 168 Å². The van der Waals surface area contributed by atoms with Crippen LogP contribution in [0.5, 0.6) is 23.0 Å². The number of rotatable bonds is 7. The topological polar surface area (TPSA) is 80.3 Å². The van der Waals surface area contributed by atoms with Crippen LogP contribution in [0.3, 0.4) is 0 Å². The zero-order valence-corrected chi connectivity index (χ0v) is 16.7. The van der Waals surface area contributed by atoms with Crippen LogP contribution in [-0.2, 0) is 9.53 Å². The summed E-state index contributed by atoms with van der Waals surface area (Å²) in [5, 5.41) is 0. The molecule has 152 valence electrons. The number of ether oxygens (including phenoxy) is 5. The van der Waals surface area contributed by atoms with Crippen LogP contribution in [0.4, 0.5) is 0 Å². The van der Waals surface area contributed by atoms with Crippen molar-refractivity contribution >= 4 is 17.8 Å². The molecule has 1 heterocycles. The smallest absolute Gasteiger partial charge is 0.344 e. The summed E-state index contributed by atoms with van der Waals surface area (Å²) in [7, 11) is 3.11. The lowest BCUT2D eigenvalue weighted by atomic mass is 10.1. The molecule has 2 aromatic carbocycles. The van der Waals surface area contributed by atoms with E-state index in [-0.39, 0.29) is 24.3 Å². The molecule has 29 heavy (non-hydrogen) atoms. The summed E-state index contributed by atoms with van der Waals surface area (Å²) >= 11 is 0. The monoisotopic (exact) mass is 398 g/mol. The van der Waals surface area contributed by atoms with Gasteiger partial charge >= 0.3 is 5.97 Å². The van der Waals surface area contributed by atoms with E-state index in [2.05, 4.69) is 0 Å². The first-order valence-corrected chi connectivity index (χ1v) is 9.04. The third kappa shape index (κ3) is 4.68. The van der Waals surface area contributed by atoms with Crippen LogP contribution in [-0.4, -0.2) is 38.7 Å². The number of fused-ring (bicyclic) bond motifs is 1. The van der Waals surface area contributed by atoms with Gasteiger partial charge in [0.15, 0.2) is 12.4 Å². The second kappa shape index (κ2) is 8.68. The summed E-state index contributed by atoms with van der Waals surface area (Å²) in [6.07, 6.45) is 1.39. The van der Waals surface area contributed by atoms with Gasteiger partial charge in [0.25, 0.3) is 0 Å². The minimum atomic E-state index is -0.469. The molecule has 1 aliphatic rings. The van der Waals surface area contributed by atoms with Crippen LogP contribution in [0, 0.1) is 0 Å². The molecule has 7 nitrogen and oxygen atoms in total. The Kier molecular flexibility index (Phi) is 6.07. The molecule has 0 bridgehead atoms. The Morgan fingerprint density at radius 2 is 1.83 bits per heavy atom. The van der Waals surface area contributed by atoms with Crippen LogP contribution in [0.2, 0.25) is 0 Å². The Hall–Kier alpha value is -3.48. The number of carbonyl (C=O) groups excluding carboxylic acids is 2. The summed E-state index contributed by atoms with van der Waals surface area (Å²) in [5.41, 5.74) is 1.06. The molecule has 0 spiro atoms. The highest BCUT2D eigenvalue weighted by Crippen LogP contribution is 2.36. The Morgan fingerprint density at radius 1 is 1.07 bits per heavy atom. The van der Waals surface area contributed by atoms with Crippen LogP contribution in [0.15, 0.2) is 42.2 Å². The van der Waals surface area contributed by atoms with Crippen molar-refractivity contribution in [1.29, 1.82) is 0 Å². The number of benzene rings is 2. The molecular formula is C22H22O7. The number of Topliss-reactive ketones (excluding diaryl/α,β-unsaturated/α-hetero) is 1. The zero-order valence-electron chi connectivity index (χ0n) is 16.7. The Bertz CT molecular complexity index is 960. The highest BCUT2D eigenvalue weighted by molar-refractivity contribution is 6.14. The van der Waals surface area contributed by atoms with E-state index in [1.54, 1.807) is 70.5 Å². The molecule has 0 aliphatic carbocycles. The van der Waals surface area contributed by atoms with E-state index < -0.39 is 5.97 Å². The molecule has 3 rings (SSSR count). The fourth-order valence-electron chi connectivity index (χ4n) is 2.79. The Morgan fingerprint density at radius 3 is 2.52 bits per heavy atom. The van der Waals surface area contributed by atoms with Gasteiger partial charge in [-0.15, -0.1) is 0 Å². The van der Waals surface area contributed by atoms with E-state index in [1.807, 2.05) is 0 Å². The van der Waals surface area contributed by atoms with Gasteiger partial charge in [-0.2, -0.15) is 0 Å². The van der Waals surface area contributed by atoms with Gasteiger partial charge < -0.3 is 23.7 Å². The van der Waals surface area contributed by atoms with Crippen molar-refractivity contribution in [1.82, 2.24) is 0 Å². The van der Waals surface area contributed by atoms with Crippen molar-refractivity contribution in [2.45, 2.75) is 20.0 Å². The van der Waals surface area contributed by atoms with E-state index >= 15 is 0 Å². The molecular weight excluding hydrogens is 376 g/mol. The maximum Gasteiger partial charge on any atom is 0.344 e. The summed E-state index contributed by atoms with van der Waals surface area (Å²) in [6.45, 7) is 3.30. The van der Waals surface area contributed by atoms with Gasteiger partial charge in [0, 0.05) is 11.6 Å². The highest BCUT2D eigenvalue weighted by Gasteiger charge is 2.28. The summed E-state index contributed by atoms with van der Waals surface area (Å²) in [6, 6.07) is 10.0. The second-order valence-corrected chi connectivity index (χ2v) is 6.53. The van der Waals surface area contributed by atoms with Crippen molar-refractivity contribution in [2.24, 2.45) is 0 Å². The van der Waals surface area contributed by atoms with Gasteiger partial charge in [-0.25, -0.2) is 4.79 Å². The average Bonchev–Trinajstić information content (AvgIpc) is 3.00. The quantitative estimate of drug-likeness (QED) is 0.520. The maximum absolute atomic E-state index is 12.7. The van der Waals surface area contributed by atoms with Gasteiger partial charge in [-0.1, -0.05) is 0 Å². The van der Waals surface area contributed by atoms with Crippen LogP contribution < -0.4 is 18.9 Å². The third-order valence-electron chi connectivity index (χ3n) is 4.09. The van der Waals surface area contributed by atoms with E-state index in [0.29, 0.717) is 34.1 Å². The van der Waals surface area contributed by atoms with Crippen LogP contribution in [0.1, 0.15) is 29.8 Å². The number of esters is 1. The fraction of sp³-hybridized carbons (Fsp3) is 0.273. The molecule has 0 saturated heterocycles. The number of carbonyl (C=O) groups is 2. The van der Waals surface area contributed by atoms with Crippen molar-refractivity contribution in [3.05, 3.63) is 53.3 Å². The SMILES string of the molecule is COc1ccc(OC)c(C=C2Oc3cc(OCC(=O)OC(C)C)ccc3C2=O)c1. The first kappa shape index (κ1) is 20.3. The van der Waals surface area contributed by atoms with Crippen molar-refractivity contribution in [3.63, 3.8) is 0 Å². The van der Waals surface area contributed by atoms with Gasteiger partial charge in [0.2, 0.25) is 5.78 Å². The zero-order chi connectivity index (χ0) is 21.0. The van der Waals surface area contributed by atoms with Crippen molar-refractivity contribution in [3.8, 4) is 23.0 Å². The van der Waals surface area contributed by atoms with Crippen LogP contribution in [0.25, 0.3) is 6.08 Å². The normalized spacial score (nSPS) is 13.8. The lowest BCUT2D eigenvalue weighted by Crippen LogP contribution is -2.18. The predicted octanol–water partition coefficient (Wildman–Crippen LogP) is 3.65. The van der Waals surface area contributed by atoms with Gasteiger partial charge in [-0.3, -0.25) is 4.79 Å². The first-order valence-electron chi connectivity index (χ1n) is 9.04. The third-order valence-corrected chi connectivity index (χ3v) is 4.09. The number of hydrogen-bond donors (Lipinski definition) is 0. The van der Waals surface area contributed by atoms with Crippen LogP contribution >= 0.6 is 0 Å². The van der Waals surface area contributed by atoms with Gasteiger partial charge in [-0.05, 0) is 50.3 Å². The summed E-state index contributed by atoms with van der Waals surface area (Å²) < 4.78 is 26.7. The van der Waals surface area contributed by atoms with E-state index in [4.69, 9.17) is 23.7 Å². The fourth-order valence-corrected chi connectivity index (χ4v) is 2.79.